The molecule has 0 radical (unpaired) electrons. The zero-order valence-corrected chi connectivity index (χ0v) is 12.9. The third-order valence-corrected chi connectivity index (χ3v) is 3.87. The second-order valence-electron chi connectivity index (χ2n) is 5.20. The first kappa shape index (κ1) is 15.1. The molecule has 0 spiro atoms. The summed E-state index contributed by atoms with van der Waals surface area (Å²) in [5.74, 6) is 0.140. The molecule has 1 aliphatic heterocycles. The molecule has 1 aliphatic rings. The Morgan fingerprint density at radius 3 is 2.80 bits per heavy atom. The summed E-state index contributed by atoms with van der Waals surface area (Å²) in [6.07, 6.45) is 1.12. The highest BCUT2D eigenvalue weighted by Crippen LogP contribution is 2.27. The van der Waals surface area contributed by atoms with Gasteiger partial charge < -0.3 is 15.1 Å². The van der Waals surface area contributed by atoms with Gasteiger partial charge in [-0.1, -0.05) is 24.6 Å². The smallest absolute Gasteiger partial charge is 0.241 e. The van der Waals surface area contributed by atoms with Crippen molar-refractivity contribution in [1.82, 2.24) is 10.2 Å². The zero-order chi connectivity index (χ0) is 14.5. The molecule has 0 aliphatic carbocycles. The number of carbonyl (C=O) groups excluding carboxylic acids is 1. The molecule has 20 heavy (non-hydrogen) atoms. The van der Waals surface area contributed by atoms with Crippen molar-refractivity contribution in [3.8, 4) is 0 Å². The fourth-order valence-electron chi connectivity index (χ4n) is 2.29. The lowest BCUT2D eigenvalue weighted by atomic mass is 10.1. The molecule has 1 saturated heterocycles. The van der Waals surface area contributed by atoms with Gasteiger partial charge in [0.25, 0.3) is 0 Å². The van der Waals surface area contributed by atoms with Gasteiger partial charge in [-0.25, -0.2) is 0 Å². The Hall–Kier alpha value is -1.26. The third kappa shape index (κ3) is 3.64. The lowest BCUT2D eigenvalue weighted by Gasteiger charge is -2.34. The maximum absolute atomic E-state index is 11.8. The molecular formula is C15H22ClN3O. The molecule has 4 nitrogen and oxygen atoms in total. The van der Waals surface area contributed by atoms with Crippen LogP contribution in [0.25, 0.3) is 0 Å². The molecule has 1 heterocycles. The van der Waals surface area contributed by atoms with Gasteiger partial charge in [0.05, 0.1) is 17.3 Å². The Morgan fingerprint density at radius 1 is 1.35 bits per heavy atom. The first-order valence-corrected chi connectivity index (χ1v) is 7.47. The summed E-state index contributed by atoms with van der Waals surface area (Å²) in [6, 6.07) is 6.08. The Balaban J connectivity index is 2.04. The number of hydrogen-bond donors (Lipinski definition) is 1. The van der Waals surface area contributed by atoms with Gasteiger partial charge in [-0.3, -0.25) is 4.79 Å². The van der Waals surface area contributed by atoms with E-state index >= 15 is 0 Å². The van der Waals surface area contributed by atoms with E-state index in [9.17, 15) is 4.79 Å². The number of carbonyl (C=O) groups is 1. The van der Waals surface area contributed by atoms with Crippen LogP contribution in [0.4, 0.5) is 5.69 Å². The fraction of sp³-hybridized carbons (Fsp3) is 0.533. The van der Waals surface area contributed by atoms with E-state index in [2.05, 4.69) is 18.3 Å². The molecular weight excluding hydrogens is 274 g/mol. The number of amides is 1. The summed E-state index contributed by atoms with van der Waals surface area (Å²) >= 11 is 6.37. The third-order valence-electron chi connectivity index (χ3n) is 3.57. The van der Waals surface area contributed by atoms with E-state index in [1.165, 1.54) is 5.56 Å². The molecule has 1 N–H and O–H groups in total. The molecule has 2 rings (SSSR count). The molecule has 0 bridgehead atoms. The van der Waals surface area contributed by atoms with E-state index in [0.717, 1.165) is 43.3 Å². The molecule has 1 fully saturated rings. The molecule has 0 unspecified atom stereocenters. The van der Waals surface area contributed by atoms with Gasteiger partial charge in [0.2, 0.25) is 5.91 Å². The first-order valence-electron chi connectivity index (χ1n) is 7.10. The lowest BCUT2D eigenvalue weighted by molar-refractivity contribution is -0.129. The summed E-state index contributed by atoms with van der Waals surface area (Å²) in [7, 11) is 1.84. The minimum Gasteiger partial charge on any atom is -0.359 e. The molecule has 1 amide bonds. The van der Waals surface area contributed by atoms with Crippen LogP contribution >= 0.6 is 11.6 Å². The first-order chi connectivity index (χ1) is 9.61. The Morgan fingerprint density at radius 2 is 2.15 bits per heavy atom. The van der Waals surface area contributed by atoms with E-state index in [4.69, 9.17) is 11.6 Å². The number of halogens is 1. The van der Waals surface area contributed by atoms with Gasteiger partial charge >= 0.3 is 0 Å². The average Bonchev–Trinajstić information content (AvgIpc) is 2.43. The molecule has 1 aromatic rings. The van der Waals surface area contributed by atoms with Gasteiger partial charge in [-0.15, -0.1) is 0 Å². The van der Waals surface area contributed by atoms with Gasteiger partial charge in [0.15, 0.2) is 0 Å². The number of benzene rings is 1. The van der Waals surface area contributed by atoms with Crippen LogP contribution < -0.4 is 10.2 Å². The number of nitrogens with zero attached hydrogens (tertiary/aromatic N) is 2. The van der Waals surface area contributed by atoms with Crippen molar-refractivity contribution in [2.24, 2.45) is 0 Å². The summed E-state index contributed by atoms with van der Waals surface area (Å²) in [6.45, 7) is 5.96. The van der Waals surface area contributed by atoms with Gasteiger partial charge in [-0.05, 0) is 30.7 Å². The molecule has 0 saturated carbocycles. The van der Waals surface area contributed by atoms with E-state index in [1.54, 1.807) is 4.90 Å². The highest BCUT2D eigenvalue weighted by Gasteiger charge is 2.22. The number of likely N-dealkylation sites (N-methyl/N-ethyl adjacent to an activating group) is 1. The second-order valence-corrected chi connectivity index (χ2v) is 5.61. The Bertz CT molecular complexity index is 478. The van der Waals surface area contributed by atoms with Crippen LogP contribution in [0.1, 0.15) is 18.9 Å². The molecule has 5 heteroatoms. The van der Waals surface area contributed by atoms with Crippen molar-refractivity contribution in [3.63, 3.8) is 0 Å². The van der Waals surface area contributed by atoms with Crippen molar-refractivity contribution in [2.75, 3.05) is 38.1 Å². The van der Waals surface area contributed by atoms with Crippen molar-refractivity contribution in [1.29, 1.82) is 0 Å². The highest BCUT2D eigenvalue weighted by atomic mass is 35.5. The summed E-state index contributed by atoms with van der Waals surface area (Å²) < 4.78 is 0. The molecule has 1 aromatic carbocycles. The van der Waals surface area contributed by atoms with E-state index in [1.807, 2.05) is 24.1 Å². The van der Waals surface area contributed by atoms with Crippen LogP contribution in [0.5, 0.6) is 0 Å². The number of rotatable bonds is 5. The number of piperazine rings is 1. The van der Waals surface area contributed by atoms with Crippen LogP contribution in [0.2, 0.25) is 5.02 Å². The van der Waals surface area contributed by atoms with Crippen molar-refractivity contribution < 1.29 is 4.79 Å². The summed E-state index contributed by atoms with van der Waals surface area (Å²) in [5, 5.41) is 4.08. The molecule has 0 aromatic heterocycles. The second kappa shape index (κ2) is 6.95. The monoisotopic (exact) mass is 295 g/mol. The Kier molecular flexibility index (Phi) is 5.26. The van der Waals surface area contributed by atoms with Gasteiger partial charge in [-0.2, -0.15) is 0 Å². The quantitative estimate of drug-likeness (QED) is 0.845. The predicted molar refractivity (Wildman–Crippen MR) is 83.3 cm³/mol. The van der Waals surface area contributed by atoms with Crippen LogP contribution in [-0.2, 0) is 11.3 Å². The highest BCUT2D eigenvalue weighted by molar-refractivity contribution is 6.33. The minimum absolute atomic E-state index is 0.140. The van der Waals surface area contributed by atoms with Crippen LogP contribution in [0.15, 0.2) is 18.2 Å². The summed E-state index contributed by atoms with van der Waals surface area (Å²) in [5.41, 5.74) is 2.13. The lowest BCUT2D eigenvalue weighted by Crippen LogP contribution is -2.48. The van der Waals surface area contributed by atoms with Crippen LogP contribution in [0, 0.1) is 0 Å². The number of anilines is 1. The van der Waals surface area contributed by atoms with Crippen molar-refractivity contribution in [3.05, 3.63) is 28.8 Å². The number of nitrogens with one attached hydrogen (secondary N) is 1. The van der Waals surface area contributed by atoms with Crippen molar-refractivity contribution >= 4 is 23.2 Å². The SMILES string of the molecule is CCCNCc1ccc(N2CCN(C)C(=O)C2)c(Cl)c1. The van der Waals surface area contributed by atoms with E-state index < -0.39 is 0 Å². The van der Waals surface area contributed by atoms with Crippen LogP contribution in [-0.4, -0.2) is 44.0 Å². The predicted octanol–water partition coefficient (Wildman–Crippen LogP) is 2.12. The maximum Gasteiger partial charge on any atom is 0.241 e. The normalized spacial score (nSPS) is 15.8. The topological polar surface area (TPSA) is 35.6 Å². The minimum atomic E-state index is 0.140. The van der Waals surface area contributed by atoms with Crippen molar-refractivity contribution in [2.45, 2.75) is 19.9 Å². The molecule has 0 atom stereocenters. The van der Waals surface area contributed by atoms with E-state index in [0.29, 0.717) is 6.54 Å². The standard InChI is InChI=1S/C15H22ClN3O/c1-3-6-17-10-12-4-5-14(13(16)9-12)19-8-7-18(2)15(20)11-19/h4-5,9,17H,3,6-8,10-11H2,1-2H3. The van der Waals surface area contributed by atoms with E-state index in [-0.39, 0.29) is 5.91 Å². The zero-order valence-electron chi connectivity index (χ0n) is 12.2. The number of hydrogen-bond acceptors (Lipinski definition) is 3. The maximum atomic E-state index is 11.8. The Labute approximate surface area is 125 Å². The van der Waals surface area contributed by atoms with Gasteiger partial charge in [0, 0.05) is 26.7 Å². The average molecular weight is 296 g/mol. The van der Waals surface area contributed by atoms with Gasteiger partial charge in [0.1, 0.15) is 0 Å². The van der Waals surface area contributed by atoms with Crippen LogP contribution in [0.3, 0.4) is 0 Å². The largest absolute Gasteiger partial charge is 0.359 e. The fourth-order valence-corrected chi connectivity index (χ4v) is 2.61. The summed E-state index contributed by atoms with van der Waals surface area (Å²) in [4.78, 5) is 15.6. The molecule has 110 valence electrons.